The maximum Gasteiger partial charge on any atom is 0.219 e. The highest BCUT2D eigenvalue weighted by Crippen LogP contribution is 2.21. The fraction of sp³-hybridized carbons (Fsp3) is 0.417. The molecule has 0 saturated carbocycles. The topological polar surface area (TPSA) is 29.1 Å². The molecule has 0 saturated heterocycles. The van der Waals surface area contributed by atoms with Crippen molar-refractivity contribution in [1.82, 2.24) is 5.32 Å². The summed E-state index contributed by atoms with van der Waals surface area (Å²) in [6.07, 6.45) is 2.55. The van der Waals surface area contributed by atoms with Crippen molar-refractivity contribution in [2.75, 3.05) is 0 Å². The Labute approximate surface area is 85.8 Å². The molecule has 2 heteroatoms. The van der Waals surface area contributed by atoms with Gasteiger partial charge in [-0.25, -0.2) is 0 Å². The first-order chi connectivity index (χ1) is 6.79. The van der Waals surface area contributed by atoms with Crippen LogP contribution >= 0.6 is 0 Å². The van der Waals surface area contributed by atoms with E-state index in [1.807, 2.05) is 6.92 Å². The Kier molecular flexibility index (Phi) is 2.53. The molecule has 1 aromatic carbocycles. The minimum absolute atomic E-state index is 0. The van der Waals surface area contributed by atoms with E-state index < -0.39 is 0 Å². The van der Waals surface area contributed by atoms with Gasteiger partial charge in [0.2, 0.25) is 5.91 Å². The minimum atomic E-state index is 0. The van der Waals surface area contributed by atoms with Crippen LogP contribution in [0.4, 0.5) is 0 Å². The zero-order chi connectivity index (χ0) is 9.97. The van der Waals surface area contributed by atoms with Crippen molar-refractivity contribution >= 4 is 5.91 Å². The van der Waals surface area contributed by atoms with Crippen molar-refractivity contribution in [3.63, 3.8) is 0 Å². The predicted octanol–water partition coefficient (Wildman–Crippen LogP) is 1.93. The lowest BCUT2D eigenvalue weighted by Gasteiger charge is -2.10. The van der Waals surface area contributed by atoms with Crippen molar-refractivity contribution in [1.29, 1.82) is 0 Å². The fourth-order valence-corrected chi connectivity index (χ4v) is 1.99. The molecule has 1 aliphatic rings. The van der Waals surface area contributed by atoms with Crippen LogP contribution in [0.3, 0.4) is 0 Å². The summed E-state index contributed by atoms with van der Waals surface area (Å²) in [4.78, 5) is 11.2. The summed E-state index contributed by atoms with van der Waals surface area (Å²) in [6.45, 7) is 1.89. The summed E-state index contributed by atoms with van der Waals surface area (Å²) in [5.74, 6) is 0.155. The molecule has 1 aliphatic carbocycles. The van der Waals surface area contributed by atoms with E-state index in [2.05, 4.69) is 29.6 Å². The molecule has 2 nitrogen and oxygen atoms in total. The number of rotatable bonds is 2. The van der Waals surface area contributed by atoms with Gasteiger partial charge in [-0.1, -0.05) is 31.2 Å². The molecule has 0 unspecified atom stereocenters. The van der Waals surface area contributed by atoms with Gasteiger partial charge in [-0.15, -0.1) is 0 Å². The molecule has 1 amide bonds. The first-order valence-corrected chi connectivity index (χ1v) is 5.15. The van der Waals surface area contributed by atoms with E-state index in [1.165, 1.54) is 11.1 Å². The van der Waals surface area contributed by atoms with Crippen LogP contribution < -0.4 is 5.32 Å². The SMILES string of the molecule is CCC(=O)NC1Cc2ccccc2C1.[HH]. The van der Waals surface area contributed by atoms with E-state index in [-0.39, 0.29) is 7.33 Å². The lowest BCUT2D eigenvalue weighted by atomic mass is 10.1. The molecule has 0 heterocycles. The third kappa shape index (κ3) is 1.79. The van der Waals surface area contributed by atoms with Crippen molar-refractivity contribution in [2.24, 2.45) is 0 Å². The van der Waals surface area contributed by atoms with Crippen LogP contribution in [-0.4, -0.2) is 11.9 Å². The van der Waals surface area contributed by atoms with Crippen molar-refractivity contribution < 1.29 is 6.22 Å². The summed E-state index contributed by atoms with van der Waals surface area (Å²) in [5.41, 5.74) is 2.77. The van der Waals surface area contributed by atoms with Gasteiger partial charge in [-0.3, -0.25) is 4.79 Å². The van der Waals surface area contributed by atoms with Gasteiger partial charge in [-0.05, 0) is 24.0 Å². The summed E-state index contributed by atoms with van der Waals surface area (Å²) >= 11 is 0. The normalized spacial score (nSPS) is 15.2. The average Bonchev–Trinajstić information content (AvgIpc) is 2.59. The summed E-state index contributed by atoms with van der Waals surface area (Å²) < 4.78 is 0. The molecular weight excluding hydrogens is 174 g/mol. The molecule has 0 spiro atoms. The number of nitrogens with one attached hydrogen (secondary N) is 1. The van der Waals surface area contributed by atoms with Crippen LogP contribution in [0.2, 0.25) is 0 Å². The van der Waals surface area contributed by atoms with Crippen LogP contribution in [0, 0.1) is 0 Å². The number of hydrogen-bond acceptors (Lipinski definition) is 1. The molecule has 0 bridgehead atoms. The Morgan fingerprint density at radius 1 is 1.43 bits per heavy atom. The van der Waals surface area contributed by atoms with E-state index in [0.29, 0.717) is 12.5 Å². The standard InChI is InChI=1S/C12H15NO.H2/c1-2-12(14)13-11-7-9-5-3-4-6-10(9)8-11;/h3-6,11H,2,7-8H2,1H3,(H,13,14);1H. The number of benzene rings is 1. The molecule has 0 atom stereocenters. The van der Waals surface area contributed by atoms with Crippen LogP contribution in [0.15, 0.2) is 24.3 Å². The maximum atomic E-state index is 11.2. The highest BCUT2D eigenvalue weighted by Gasteiger charge is 2.21. The number of hydrogen-bond donors (Lipinski definition) is 1. The van der Waals surface area contributed by atoms with Gasteiger partial charge >= 0.3 is 0 Å². The molecule has 0 aliphatic heterocycles. The quantitative estimate of drug-likeness (QED) is 0.760. The lowest BCUT2D eigenvalue weighted by molar-refractivity contribution is -0.121. The molecule has 0 fully saturated rings. The zero-order valence-electron chi connectivity index (χ0n) is 8.42. The van der Waals surface area contributed by atoms with E-state index in [4.69, 9.17) is 0 Å². The van der Waals surface area contributed by atoms with Gasteiger partial charge in [0, 0.05) is 13.9 Å². The summed E-state index contributed by atoms with van der Waals surface area (Å²) in [6, 6.07) is 8.73. The lowest BCUT2D eigenvalue weighted by Crippen LogP contribution is -2.34. The number of carbonyl (C=O) groups excluding carboxylic acids is 1. The molecule has 1 aromatic rings. The van der Waals surface area contributed by atoms with Gasteiger partial charge in [0.15, 0.2) is 0 Å². The minimum Gasteiger partial charge on any atom is -0.353 e. The Hall–Kier alpha value is -1.31. The highest BCUT2D eigenvalue weighted by molar-refractivity contribution is 5.76. The number of fused-ring (bicyclic) bond motifs is 1. The fourth-order valence-electron chi connectivity index (χ4n) is 1.99. The molecule has 2 rings (SSSR count). The second-order valence-electron chi connectivity index (χ2n) is 3.79. The Balaban J connectivity index is 0.00000112. The maximum absolute atomic E-state index is 11.2. The largest absolute Gasteiger partial charge is 0.353 e. The van der Waals surface area contributed by atoms with Gasteiger partial charge in [-0.2, -0.15) is 0 Å². The molecule has 0 aromatic heterocycles. The third-order valence-corrected chi connectivity index (χ3v) is 2.74. The molecule has 0 radical (unpaired) electrons. The molecule has 76 valence electrons. The van der Waals surface area contributed by atoms with Gasteiger partial charge in [0.1, 0.15) is 0 Å². The Bertz CT molecular complexity index is 326. The molecule has 1 N–H and O–H groups in total. The van der Waals surface area contributed by atoms with Crippen LogP contribution in [-0.2, 0) is 17.6 Å². The van der Waals surface area contributed by atoms with Crippen LogP contribution in [0.25, 0.3) is 0 Å². The highest BCUT2D eigenvalue weighted by atomic mass is 16.1. The first-order valence-electron chi connectivity index (χ1n) is 5.15. The monoisotopic (exact) mass is 191 g/mol. The van der Waals surface area contributed by atoms with Crippen molar-refractivity contribution in [3.05, 3.63) is 35.4 Å². The second kappa shape index (κ2) is 3.82. The summed E-state index contributed by atoms with van der Waals surface area (Å²) in [5, 5.41) is 3.04. The van der Waals surface area contributed by atoms with E-state index in [1.54, 1.807) is 0 Å². The second-order valence-corrected chi connectivity index (χ2v) is 3.79. The first kappa shape index (κ1) is 9.25. The number of amides is 1. The van der Waals surface area contributed by atoms with Crippen LogP contribution in [0.1, 0.15) is 25.9 Å². The molecular formula is C12H17NO. The van der Waals surface area contributed by atoms with Crippen molar-refractivity contribution in [2.45, 2.75) is 32.2 Å². The van der Waals surface area contributed by atoms with Crippen LogP contribution in [0.5, 0.6) is 0 Å². The predicted molar refractivity (Wildman–Crippen MR) is 58.2 cm³/mol. The Morgan fingerprint density at radius 3 is 2.50 bits per heavy atom. The average molecular weight is 191 g/mol. The van der Waals surface area contributed by atoms with E-state index in [9.17, 15) is 4.79 Å². The molecule has 14 heavy (non-hydrogen) atoms. The number of carbonyl (C=O) groups is 1. The van der Waals surface area contributed by atoms with Crippen molar-refractivity contribution in [3.8, 4) is 0 Å². The third-order valence-electron chi connectivity index (χ3n) is 2.74. The van der Waals surface area contributed by atoms with Gasteiger partial charge in [0.25, 0.3) is 0 Å². The van der Waals surface area contributed by atoms with Gasteiger partial charge in [0.05, 0.1) is 0 Å². The zero-order valence-corrected chi connectivity index (χ0v) is 8.42. The smallest absolute Gasteiger partial charge is 0.219 e. The summed E-state index contributed by atoms with van der Waals surface area (Å²) in [7, 11) is 0. The van der Waals surface area contributed by atoms with E-state index in [0.717, 1.165) is 12.8 Å². The van der Waals surface area contributed by atoms with E-state index >= 15 is 0 Å². The Morgan fingerprint density at radius 2 is 2.00 bits per heavy atom. The van der Waals surface area contributed by atoms with Gasteiger partial charge < -0.3 is 5.32 Å².